The van der Waals surface area contributed by atoms with Gasteiger partial charge in [-0.1, -0.05) is 0 Å². The number of ether oxygens (including phenoxy) is 2. The fourth-order valence-electron chi connectivity index (χ4n) is 2.74. The topological polar surface area (TPSA) is 30.5 Å². The molecule has 2 unspecified atom stereocenters. The molecule has 94 valence electrons. The van der Waals surface area contributed by atoms with Gasteiger partial charge in [0.15, 0.2) is 0 Å². The SMILES string of the molecule is CNC1CCCC(OCC2CCOCC2)C1. The Hall–Kier alpha value is -0.120. The van der Waals surface area contributed by atoms with Gasteiger partial charge in [-0.25, -0.2) is 0 Å². The zero-order valence-corrected chi connectivity index (χ0v) is 10.4. The summed E-state index contributed by atoms with van der Waals surface area (Å²) in [5, 5.41) is 3.37. The monoisotopic (exact) mass is 227 g/mol. The van der Waals surface area contributed by atoms with Crippen molar-refractivity contribution >= 4 is 0 Å². The molecule has 1 saturated carbocycles. The van der Waals surface area contributed by atoms with Gasteiger partial charge in [0.25, 0.3) is 0 Å². The minimum absolute atomic E-state index is 0.494. The number of hydrogen-bond acceptors (Lipinski definition) is 3. The third kappa shape index (κ3) is 3.72. The summed E-state index contributed by atoms with van der Waals surface area (Å²) in [4.78, 5) is 0. The third-order valence-corrected chi connectivity index (χ3v) is 3.94. The lowest BCUT2D eigenvalue weighted by molar-refractivity contribution is -0.0268. The van der Waals surface area contributed by atoms with Crippen molar-refractivity contribution in [2.45, 2.75) is 50.7 Å². The predicted octanol–water partition coefficient (Wildman–Crippen LogP) is 1.96. The summed E-state index contributed by atoms with van der Waals surface area (Å²) in [5.74, 6) is 0.740. The van der Waals surface area contributed by atoms with Gasteiger partial charge in [-0.3, -0.25) is 0 Å². The van der Waals surface area contributed by atoms with Gasteiger partial charge in [-0.15, -0.1) is 0 Å². The molecule has 0 spiro atoms. The van der Waals surface area contributed by atoms with Crippen LogP contribution in [0, 0.1) is 5.92 Å². The zero-order chi connectivity index (χ0) is 11.2. The van der Waals surface area contributed by atoms with Gasteiger partial charge in [-0.05, 0) is 51.5 Å². The molecular weight excluding hydrogens is 202 g/mol. The van der Waals surface area contributed by atoms with Crippen molar-refractivity contribution in [1.29, 1.82) is 0 Å². The molecule has 1 N–H and O–H groups in total. The molecule has 0 aromatic rings. The van der Waals surface area contributed by atoms with Gasteiger partial charge >= 0.3 is 0 Å². The first-order valence-corrected chi connectivity index (χ1v) is 6.75. The van der Waals surface area contributed by atoms with Crippen LogP contribution in [0.4, 0.5) is 0 Å². The van der Waals surface area contributed by atoms with Crippen LogP contribution in [0.3, 0.4) is 0 Å². The van der Waals surface area contributed by atoms with Gasteiger partial charge in [-0.2, -0.15) is 0 Å². The van der Waals surface area contributed by atoms with Gasteiger partial charge in [0.05, 0.1) is 6.10 Å². The van der Waals surface area contributed by atoms with Crippen LogP contribution in [0.1, 0.15) is 38.5 Å². The fourth-order valence-corrected chi connectivity index (χ4v) is 2.74. The molecule has 1 heterocycles. The Bertz CT molecular complexity index is 192. The highest BCUT2D eigenvalue weighted by atomic mass is 16.5. The van der Waals surface area contributed by atoms with E-state index >= 15 is 0 Å². The van der Waals surface area contributed by atoms with E-state index < -0.39 is 0 Å². The highest BCUT2D eigenvalue weighted by molar-refractivity contribution is 4.77. The van der Waals surface area contributed by atoms with Crippen LogP contribution in [0.5, 0.6) is 0 Å². The van der Waals surface area contributed by atoms with Crippen LogP contribution in [-0.2, 0) is 9.47 Å². The zero-order valence-electron chi connectivity index (χ0n) is 10.4. The second kappa shape index (κ2) is 6.58. The summed E-state index contributed by atoms with van der Waals surface area (Å²) in [6.07, 6.45) is 7.93. The predicted molar refractivity (Wildman–Crippen MR) is 64.6 cm³/mol. The largest absolute Gasteiger partial charge is 0.381 e. The Kier molecular flexibility index (Phi) is 5.07. The molecule has 16 heavy (non-hydrogen) atoms. The van der Waals surface area contributed by atoms with Crippen LogP contribution >= 0.6 is 0 Å². The van der Waals surface area contributed by atoms with E-state index in [0.717, 1.165) is 25.7 Å². The maximum Gasteiger partial charge on any atom is 0.0590 e. The maximum atomic E-state index is 6.06. The van der Waals surface area contributed by atoms with Crippen molar-refractivity contribution < 1.29 is 9.47 Å². The van der Waals surface area contributed by atoms with Gasteiger partial charge < -0.3 is 14.8 Å². The molecule has 1 aliphatic heterocycles. The van der Waals surface area contributed by atoms with Crippen molar-refractivity contribution in [3.05, 3.63) is 0 Å². The lowest BCUT2D eigenvalue weighted by Gasteiger charge is -2.31. The average molecular weight is 227 g/mol. The Morgan fingerprint density at radius 1 is 1.19 bits per heavy atom. The van der Waals surface area contributed by atoms with E-state index in [-0.39, 0.29) is 0 Å². The fraction of sp³-hybridized carbons (Fsp3) is 1.00. The normalized spacial score (nSPS) is 32.8. The molecule has 0 aromatic heterocycles. The summed E-state index contributed by atoms with van der Waals surface area (Å²) in [6.45, 7) is 2.81. The summed E-state index contributed by atoms with van der Waals surface area (Å²) < 4.78 is 11.4. The van der Waals surface area contributed by atoms with Gasteiger partial charge in [0.1, 0.15) is 0 Å². The standard InChI is InChI=1S/C13H25NO2/c1-14-12-3-2-4-13(9-12)16-10-11-5-7-15-8-6-11/h11-14H,2-10H2,1H3. The number of rotatable bonds is 4. The number of nitrogens with one attached hydrogen (secondary N) is 1. The Morgan fingerprint density at radius 3 is 2.75 bits per heavy atom. The van der Waals surface area contributed by atoms with Crippen LogP contribution in [-0.4, -0.2) is 39.0 Å². The Labute approximate surface area is 98.9 Å². The molecule has 2 atom stereocenters. The number of hydrogen-bond donors (Lipinski definition) is 1. The molecule has 3 nitrogen and oxygen atoms in total. The molecule has 2 fully saturated rings. The molecule has 0 radical (unpaired) electrons. The Morgan fingerprint density at radius 2 is 2.00 bits per heavy atom. The lowest BCUT2D eigenvalue weighted by Crippen LogP contribution is -2.35. The highest BCUT2D eigenvalue weighted by Gasteiger charge is 2.22. The first-order valence-electron chi connectivity index (χ1n) is 6.75. The summed E-state index contributed by atoms with van der Waals surface area (Å²) in [7, 11) is 2.06. The smallest absolute Gasteiger partial charge is 0.0590 e. The highest BCUT2D eigenvalue weighted by Crippen LogP contribution is 2.23. The Balaban J connectivity index is 1.64. The molecule has 0 aromatic carbocycles. The van der Waals surface area contributed by atoms with Crippen LogP contribution in [0.15, 0.2) is 0 Å². The summed E-state index contributed by atoms with van der Waals surface area (Å²) in [6, 6.07) is 0.674. The van der Waals surface area contributed by atoms with E-state index in [1.165, 1.54) is 38.5 Å². The molecular formula is C13H25NO2. The minimum Gasteiger partial charge on any atom is -0.381 e. The molecule has 0 bridgehead atoms. The van der Waals surface area contributed by atoms with E-state index in [2.05, 4.69) is 12.4 Å². The lowest BCUT2D eigenvalue weighted by atomic mass is 9.92. The van der Waals surface area contributed by atoms with E-state index in [4.69, 9.17) is 9.47 Å². The van der Waals surface area contributed by atoms with E-state index in [1.807, 2.05) is 0 Å². The van der Waals surface area contributed by atoms with Crippen molar-refractivity contribution in [2.24, 2.45) is 5.92 Å². The van der Waals surface area contributed by atoms with E-state index in [1.54, 1.807) is 0 Å². The quantitative estimate of drug-likeness (QED) is 0.796. The van der Waals surface area contributed by atoms with Crippen molar-refractivity contribution in [2.75, 3.05) is 26.9 Å². The van der Waals surface area contributed by atoms with Crippen molar-refractivity contribution in [1.82, 2.24) is 5.32 Å². The molecule has 1 aliphatic carbocycles. The van der Waals surface area contributed by atoms with Gasteiger partial charge in [0, 0.05) is 25.9 Å². The summed E-state index contributed by atoms with van der Waals surface area (Å²) in [5.41, 5.74) is 0. The molecule has 2 rings (SSSR count). The van der Waals surface area contributed by atoms with E-state index in [9.17, 15) is 0 Å². The van der Waals surface area contributed by atoms with Crippen molar-refractivity contribution in [3.8, 4) is 0 Å². The second-order valence-electron chi connectivity index (χ2n) is 5.16. The first kappa shape index (κ1) is 12.3. The summed E-state index contributed by atoms with van der Waals surface area (Å²) >= 11 is 0. The first-order chi connectivity index (χ1) is 7.88. The van der Waals surface area contributed by atoms with Crippen LogP contribution in [0.2, 0.25) is 0 Å². The molecule has 0 amide bonds. The van der Waals surface area contributed by atoms with Crippen LogP contribution < -0.4 is 5.32 Å². The maximum absolute atomic E-state index is 6.06. The van der Waals surface area contributed by atoms with E-state index in [0.29, 0.717) is 12.1 Å². The van der Waals surface area contributed by atoms with Crippen LogP contribution in [0.25, 0.3) is 0 Å². The molecule has 1 saturated heterocycles. The second-order valence-corrected chi connectivity index (χ2v) is 5.16. The van der Waals surface area contributed by atoms with Crippen molar-refractivity contribution in [3.63, 3.8) is 0 Å². The minimum atomic E-state index is 0.494. The average Bonchev–Trinajstić information content (AvgIpc) is 2.38. The van der Waals surface area contributed by atoms with Gasteiger partial charge in [0.2, 0.25) is 0 Å². The third-order valence-electron chi connectivity index (χ3n) is 3.94. The molecule has 2 aliphatic rings. The molecule has 3 heteroatoms.